The van der Waals surface area contributed by atoms with E-state index in [1.807, 2.05) is 0 Å². The van der Waals surface area contributed by atoms with Crippen LogP contribution < -0.4 is 24.0 Å². The summed E-state index contributed by atoms with van der Waals surface area (Å²) >= 11 is 0. The van der Waals surface area contributed by atoms with Crippen LogP contribution in [0.1, 0.15) is 90.4 Å². The Balaban J connectivity index is 0.0000116. The molecule has 3 N–H and O–H groups in total. The molecule has 5 unspecified atom stereocenters. The lowest BCUT2D eigenvalue weighted by atomic mass is 9.99. The number of rotatable bonds is 19. The number of ether oxygens (including phenoxy) is 3. The maximum absolute atomic E-state index is 12.1. The molecule has 1 saturated heterocycles. The quantitative estimate of drug-likeness (QED) is 0.0821. The molecule has 0 aromatic rings. The number of aliphatic hydroxyl groups is 3. The number of esters is 1. The van der Waals surface area contributed by atoms with E-state index in [0.29, 0.717) is 13.0 Å². The number of aliphatic hydroxyl groups excluding tert-OH is 3. The lowest BCUT2D eigenvalue weighted by Gasteiger charge is -2.40. The van der Waals surface area contributed by atoms with Crippen molar-refractivity contribution in [1.29, 1.82) is 0 Å². The summed E-state index contributed by atoms with van der Waals surface area (Å²) in [5.74, 6) is -0.340. The topological polar surface area (TPSA) is 105 Å². The van der Waals surface area contributed by atoms with Gasteiger partial charge >= 0.3 is 5.97 Å². The van der Waals surface area contributed by atoms with Crippen LogP contribution in [0.25, 0.3) is 0 Å². The number of hydrogen-bond acceptors (Lipinski definition) is 7. The highest BCUT2D eigenvalue weighted by atomic mass is 127. The lowest BCUT2D eigenvalue weighted by Crippen LogP contribution is -3.00. The van der Waals surface area contributed by atoms with Gasteiger partial charge in [-0.2, -0.15) is 0 Å². The first kappa shape index (κ1) is 35.0. The van der Waals surface area contributed by atoms with Crippen LogP contribution in [0.3, 0.4) is 0 Å². The third-order valence-electron chi connectivity index (χ3n) is 6.32. The Hall–Kier alpha value is -0.0400. The molecule has 1 aliphatic rings. The second kappa shape index (κ2) is 20.0. The van der Waals surface area contributed by atoms with Crippen LogP contribution in [0.15, 0.2) is 0 Å². The van der Waals surface area contributed by atoms with Gasteiger partial charge in [0.2, 0.25) is 0 Å². The summed E-state index contributed by atoms with van der Waals surface area (Å²) < 4.78 is 17.3. The summed E-state index contributed by atoms with van der Waals surface area (Å²) in [5.41, 5.74) is 0. The predicted octanol–water partition coefficient (Wildman–Crippen LogP) is 0.155. The fraction of sp³-hybridized carbons (Fsp3) is 0.962. The molecule has 0 radical (unpaired) electrons. The lowest BCUT2D eigenvalue weighted by molar-refractivity contribution is -0.870. The van der Waals surface area contributed by atoms with E-state index in [-0.39, 0.29) is 36.6 Å². The highest BCUT2D eigenvalue weighted by molar-refractivity contribution is 5.69. The minimum atomic E-state index is -1.42. The van der Waals surface area contributed by atoms with Gasteiger partial charge in [-0.3, -0.25) is 4.79 Å². The Morgan fingerprint density at radius 3 is 1.89 bits per heavy atom. The first-order valence-electron chi connectivity index (χ1n) is 13.4. The van der Waals surface area contributed by atoms with Gasteiger partial charge in [-0.15, -0.1) is 0 Å². The van der Waals surface area contributed by atoms with Crippen LogP contribution in [-0.2, 0) is 19.0 Å². The monoisotopic (exact) mass is 617 g/mol. The van der Waals surface area contributed by atoms with E-state index in [9.17, 15) is 20.1 Å². The molecule has 0 aromatic heterocycles. The minimum Gasteiger partial charge on any atom is -1.00 e. The van der Waals surface area contributed by atoms with E-state index < -0.39 is 30.7 Å². The molecule has 1 fully saturated rings. The first-order valence-corrected chi connectivity index (χ1v) is 13.4. The van der Waals surface area contributed by atoms with Crippen molar-refractivity contribution in [2.45, 2.75) is 121 Å². The number of nitrogens with zero attached hydrogens (tertiary/aromatic N) is 1. The van der Waals surface area contributed by atoms with Crippen LogP contribution >= 0.6 is 0 Å². The van der Waals surface area contributed by atoms with Crippen molar-refractivity contribution in [3.8, 4) is 0 Å². The molecule has 0 spiro atoms. The molecule has 0 aliphatic carbocycles. The number of unbranched alkanes of at least 4 members (excludes halogenated alkanes) is 10. The molecule has 0 saturated carbocycles. The summed E-state index contributed by atoms with van der Waals surface area (Å²) in [6.07, 6.45) is 8.29. The van der Waals surface area contributed by atoms with Gasteiger partial charge in [0.25, 0.3) is 0 Å². The number of carbonyl (C=O) groups is 1. The van der Waals surface area contributed by atoms with E-state index in [0.717, 1.165) is 36.7 Å². The standard InChI is InChI=1S/C26H52NO7.HI/c1-5-6-7-8-9-10-11-12-13-14-15-17-22(28)33-20-21-23(29)24(30)25(31)26(34-21)32-19-16-18-27(2,3)4;/h21,23-26,29-31H,5-20H2,1-4H3;1H/q+1;/p-1. The van der Waals surface area contributed by atoms with Crippen molar-refractivity contribution in [1.82, 2.24) is 0 Å². The van der Waals surface area contributed by atoms with Gasteiger partial charge < -0.3 is 58.0 Å². The maximum Gasteiger partial charge on any atom is 0.305 e. The molecule has 9 heteroatoms. The molecule has 0 aromatic carbocycles. The molecule has 5 atom stereocenters. The number of halogens is 1. The second-order valence-electron chi connectivity index (χ2n) is 10.7. The summed E-state index contributed by atoms with van der Waals surface area (Å²) in [7, 11) is 6.23. The van der Waals surface area contributed by atoms with E-state index in [1.165, 1.54) is 51.4 Å². The Morgan fingerprint density at radius 2 is 1.34 bits per heavy atom. The highest BCUT2D eigenvalue weighted by Gasteiger charge is 2.44. The van der Waals surface area contributed by atoms with Gasteiger partial charge in [0.15, 0.2) is 6.29 Å². The van der Waals surface area contributed by atoms with Crippen molar-refractivity contribution in [3.63, 3.8) is 0 Å². The molecule has 35 heavy (non-hydrogen) atoms. The normalized spacial score (nSPS) is 24.7. The number of carbonyl (C=O) groups excluding carboxylic acids is 1. The third kappa shape index (κ3) is 16.4. The average Bonchev–Trinajstić information content (AvgIpc) is 2.78. The van der Waals surface area contributed by atoms with Gasteiger partial charge in [0.1, 0.15) is 31.0 Å². The van der Waals surface area contributed by atoms with Gasteiger partial charge in [-0.1, -0.05) is 71.1 Å². The molecular weight excluding hydrogens is 565 g/mol. The molecule has 1 rings (SSSR count). The SMILES string of the molecule is CCCCCCCCCCCCCC(=O)OCC1OC(OCCC[N+](C)(C)C)C(O)C(O)C1O.[I-]. The molecule has 0 bridgehead atoms. The summed E-state index contributed by atoms with van der Waals surface area (Å²) in [5, 5.41) is 30.5. The van der Waals surface area contributed by atoms with E-state index in [4.69, 9.17) is 14.2 Å². The predicted molar refractivity (Wildman–Crippen MR) is 132 cm³/mol. The molecule has 8 nitrogen and oxygen atoms in total. The molecule has 0 amide bonds. The Labute approximate surface area is 230 Å². The summed E-state index contributed by atoms with van der Waals surface area (Å²) in [4.78, 5) is 12.1. The summed E-state index contributed by atoms with van der Waals surface area (Å²) in [6, 6.07) is 0. The van der Waals surface area contributed by atoms with Crippen molar-refractivity contribution in [2.75, 3.05) is 40.9 Å². The van der Waals surface area contributed by atoms with Crippen molar-refractivity contribution >= 4 is 5.97 Å². The largest absolute Gasteiger partial charge is 1.00 e. The fourth-order valence-electron chi connectivity index (χ4n) is 4.11. The number of quaternary nitrogens is 1. The smallest absolute Gasteiger partial charge is 0.305 e. The van der Waals surface area contributed by atoms with E-state index in [2.05, 4.69) is 28.1 Å². The molecule has 1 aliphatic heterocycles. The number of hydrogen-bond donors (Lipinski definition) is 3. The van der Waals surface area contributed by atoms with Crippen molar-refractivity contribution in [2.24, 2.45) is 0 Å². The fourth-order valence-corrected chi connectivity index (χ4v) is 4.11. The average molecular weight is 618 g/mol. The zero-order chi connectivity index (χ0) is 25.4. The Morgan fingerprint density at radius 1 is 0.800 bits per heavy atom. The summed E-state index contributed by atoms with van der Waals surface area (Å²) in [6.45, 7) is 3.29. The van der Waals surface area contributed by atoms with Gasteiger partial charge in [0, 0.05) is 12.8 Å². The highest BCUT2D eigenvalue weighted by Crippen LogP contribution is 2.23. The van der Waals surface area contributed by atoms with Crippen LogP contribution in [0.5, 0.6) is 0 Å². The molecule has 210 valence electrons. The van der Waals surface area contributed by atoms with Crippen molar-refractivity contribution < 1.29 is 62.8 Å². The molecule has 1 heterocycles. The van der Waals surface area contributed by atoms with Crippen LogP contribution in [0.2, 0.25) is 0 Å². The Bertz CT molecular complexity index is 532. The zero-order valence-corrected chi connectivity index (χ0v) is 24.7. The second-order valence-corrected chi connectivity index (χ2v) is 10.7. The van der Waals surface area contributed by atoms with E-state index in [1.54, 1.807) is 0 Å². The third-order valence-corrected chi connectivity index (χ3v) is 6.32. The zero-order valence-electron chi connectivity index (χ0n) is 22.5. The Kier molecular flexibility index (Phi) is 20.0. The molecular formula is C26H52INO7. The van der Waals surface area contributed by atoms with E-state index >= 15 is 0 Å². The maximum atomic E-state index is 12.1. The van der Waals surface area contributed by atoms with Crippen LogP contribution in [-0.4, -0.2) is 97.4 Å². The van der Waals surface area contributed by atoms with Gasteiger partial charge in [-0.05, 0) is 6.42 Å². The van der Waals surface area contributed by atoms with Crippen molar-refractivity contribution in [3.05, 3.63) is 0 Å². The van der Waals surface area contributed by atoms with Gasteiger partial charge in [0.05, 0.1) is 34.3 Å². The van der Waals surface area contributed by atoms with Gasteiger partial charge in [-0.25, -0.2) is 0 Å². The minimum absolute atomic E-state index is 0. The van der Waals surface area contributed by atoms with Crippen LogP contribution in [0, 0.1) is 0 Å². The first-order chi connectivity index (χ1) is 16.2. The van der Waals surface area contributed by atoms with Crippen LogP contribution in [0.4, 0.5) is 0 Å².